The van der Waals surface area contributed by atoms with E-state index in [0.29, 0.717) is 0 Å². The van der Waals surface area contributed by atoms with Crippen LogP contribution in [0.15, 0.2) is 570 Å². The van der Waals surface area contributed by atoms with Crippen molar-refractivity contribution in [1.82, 2.24) is 0 Å². The summed E-state index contributed by atoms with van der Waals surface area (Å²) in [5, 5.41) is 22.7. The molecule has 0 aliphatic rings. The number of aryl methyl sites for hydroxylation is 2. The summed E-state index contributed by atoms with van der Waals surface area (Å²) in [6, 6.07) is 208. The van der Waals surface area contributed by atoms with Crippen molar-refractivity contribution in [2.24, 2.45) is 0 Å². The van der Waals surface area contributed by atoms with E-state index in [1.807, 2.05) is 0 Å². The molecule has 0 unspecified atom stereocenters. The standard InChI is InChI=1S/C54H36.C49H34.C43H30/c1-5-17-37(18-6-1)43-29-30-49(50(34-43)40-23-11-4-12-24-40)54-48-28-16-15-27-47(48)53(51-35-41-25-13-14-26-42(41)36-52(51)54)46-32-44(38-19-7-2-8-20-38)31-45(33-46)39-21-9-3-10-22-39;1-33-27-39(34-15-5-2-6-16-34)25-26-43(33)49-45-24-14-13-23-44(45)48(46-31-37-21-11-12-22-38(37)32-47(46)49)42-29-40(35-17-7-3-8-18-35)28-41(30-42)36-19-9-4-10-20-36;1-29-17-11-12-24-33(29)41-37-28-16-15-27-36(37)39(31-20-7-3-8-21-31)42-38(30-18-5-2-6-19-30)34-25-13-14-26-35(34)40(43(41)42)32-22-9-4-10-23-32/h1-36H;2-32H,1H3;2-28H,1H3. The number of rotatable bonds is 15. The summed E-state index contributed by atoms with van der Waals surface area (Å²) < 4.78 is 0. The molecular weight excluding hydrogens is 1750 g/mol. The maximum absolute atomic E-state index is 2.43. The van der Waals surface area contributed by atoms with Crippen LogP contribution < -0.4 is 0 Å². The zero-order valence-corrected chi connectivity index (χ0v) is 81.3. The number of hydrogen-bond donors (Lipinski definition) is 0. The second kappa shape index (κ2) is 39.1. The summed E-state index contributed by atoms with van der Waals surface area (Å²) in [6.07, 6.45) is 0. The second-order valence-corrected chi connectivity index (χ2v) is 38.3. The van der Waals surface area contributed by atoms with Gasteiger partial charge in [-0.1, -0.05) is 504 Å². The van der Waals surface area contributed by atoms with Crippen LogP contribution in [0.4, 0.5) is 0 Å². The molecule has 0 aromatic heterocycles. The molecule has 0 aliphatic heterocycles. The fourth-order valence-corrected chi connectivity index (χ4v) is 22.8. The van der Waals surface area contributed by atoms with Gasteiger partial charge in [0.2, 0.25) is 0 Å². The minimum Gasteiger partial charge on any atom is -0.0622 e. The van der Waals surface area contributed by atoms with E-state index in [2.05, 4.69) is 584 Å². The Morgan fingerprint density at radius 1 is 0.0959 bits per heavy atom. The molecule has 0 atom stereocenters. The molecule has 0 N–H and O–H groups in total. The van der Waals surface area contributed by atoms with Gasteiger partial charge >= 0.3 is 0 Å². The van der Waals surface area contributed by atoms with Gasteiger partial charge < -0.3 is 0 Å². The Morgan fingerprint density at radius 3 is 0.637 bits per heavy atom. The molecule has 0 heteroatoms. The molecule has 0 spiro atoms. The highest BCUT2D eigenvalue weighted by molar-refractivity contribution is 6.35. The Hall–Kier alpha value is -18.7. The lowest BCUT2D eigenvalue weighted by atomic mass is 9.77. The van der Waals surface area contributed by atoms with E-state index in [9.17, 15) is 0 Å². The Bertz CT molecular complexity index is 9440. The molecule has 0 saturated heterocycles. The van der Waals surface area contributed by atoms with Crippen molar-refractivity contribution in [1.29, 1.82) is 0 Å². The smallest absolute Gasteiger partial charge is 0.000129 e. The maximum Gasteiger partial charge on any atom is -0.000129 e. The highest BCUT2D eigenvalue weighted by Crippen LogP contribution is 2.57. The molecule has 0 amide bonds. The van der Waals surface area contributed by atoms with Crippen LogP contribution in [-0.2, 0) is 0 Å². The minimum atomic E-state index is 1.20. The van der Waals surface area contributed by atoms with Gasteiger partial charge in [-0.3, -0.25) is 0 Å². The zero-order valence-electron chi connectivity index (χ0n) is 81.3. The normalized spacial score (nSPS) is 11.4. The summed E-state index contributed by atoms with van der Waals surface area (Å²) in [6.45, 7) is 4.50. The molecular formula is C146H100. The summed E-state index contributed by atoms with van der Waals surface area (Å²) in [7, 11) is 0. The SMILES string of the molecule is Cc1cc(-c2ccccc2)ccc1-c1c2ccccc2c(-c2cc(-c3ccccc3)cc(-c3ccccc3)c2)c2cc3ccccc3cc12.Cc1ccccc1-c1c2ccccc2c(-c2ccccc2)c2c(-c3ccccc3)c3ccccc3c(-c3ccccc3)c12.c1ccc(-c2cc(-c3ccccc3)cc(-c3c4ccccc4c(-c4ccc(-c5ccccc5)cc4-c4ccccc4)c4cc5ccccc5cc34)c2)cc1. The van der Waals surface area contributed by atoms with Gasteiger partial charge in [0.1, 0.15) is 0 Å². The summed E-state index contributed by atoms with van der Waals surface area (Å²) in [4.78, 5) is 0. The monoisotopic (exact) mass is 1850 g/mol. The average Bonchev–Trinajstić information content (AvgIpc) is 0.697. The van der Waals surface area contributed by atoms with E-state index in [4.69, 9.17) is 0 Å². The first-order valence-corrected chi connectivity index (χ1v) is 50.6. The first-order chi connectivity index (χ1) is 72.3. The van der Waals surface area contributed by atoms with Gasteiger partial charge in [-0.05, 0) is 356 Å². The van der Waals surface area contributed by atoms with E-state index in [-0.39, 0.29) is 0 Å². The summed E-state index contributed by atoms with van der Waals surface area (Å²) in [5.74, 6) is 0. The van der Waals surface area contributed by atoms with Crippen LogP contribution in [-0.4, -0.2) is 0 Å². The molecule has 0 radical (unpaired) electrons. The third kappa shape index (κ3) is 16.7. The molecule has 27 rings (SSSR count). The lowest BCUT2D eigenvalue weighted by Gasteiger charge is -2.25. The molecule has 146 heavy (non-hydrogen) atoms. The molecule has 0 aliphatic carbocycles. The Balaban J connectivity index is 0.000000115. The summed E-state index contributed by atoms with van der Waals surface area (Å²) >= 11 is 0. The lowest BCUT2D eigenvalue weighted by Crippen LogP contribution is -1.98. The molecule has 0 nitrogen and oxygen atoms in total. The van der Waals surface area contributed by atoms with Gasteiger partial charge in [0.05, 0.1) is 0 Å². The van der Waals surface area contributed by atoms with Crippen molar-refractivity contribution in [2.75, 3.05) is 0 Å². The van der Waals surface area contributed by atoms with Gasteiger partial charge in [-0.2, -0.15) is 0 Å². The molecule has 27 aromatic rings. The van der Waals surface area contributed by atoms with Crippen molar-refractivity contribution >= 4 is 97.0 Å². The van der Waals surface area contributed by atoms with Crippen molar-refractivity contribution in [2.45, 2.75) is 13.8 Å². The van der Waals surface area contributed by atoms with E-state index in [1.54, 1.807) is 0 Å². The third-order valence-electron chi connectivity index (χ3n) is 29.5. The Morgan fingerprint density at radius 2 is 0.315 bits per heavy atom. The van der Waals surface area contributed by atoms with Gasteiger partial charge in [0, 0.05) is 0 Å². The largest absolute Gasteiger partial charge is 0.0622 e. The predicted octanol–water partition coefficient (Wildman–Crippen LogP) is 41.1. The lowest BCUT2D eigenvalue weighted by molar-refractivity contribution is 1.47. The molecule has 0 saturated carbocycles. The van der Waals surface area contributed by atoms with Crippen molar-refractivity contribution in [3.05, 3.63) is 581 Å². The van der Waals surface area contributed by atoms with Crippen LogP contribution in [0.5, 0.6) is 0 Å². The van der Waals surface area contributed by atoms with Crippen LogP contribution in [0.2, 0.25) is 0 Å². The van der Waals surface area contributed by atoms with Gasteiger partial charge in [0.25, 0.3) is 0 Å². The van der Waals surface area contributed by atoms with Crippen LogP contribution in [0.3, 0.4) is 0 Å². The van der Waals surface area contributed by atoms with Crippen molar-refractivity contribution < 1.29 is 0 Å². The molecule has 0 heterocycles. The number of benzene rings is 27. The van der Waals surface area contributed by atoms with E-state index in [1.165, 1.54) is 275 Å². The Kier molecular flexibility index (Phi) is 23.7. The molecule has 0 fully saturated rings. The summed E-state index contributed by atoms with van der Waals surface area (Å²) in [5.41, 5.74) is 39.7. The molecule has 27 aromatic carbocycles. The first-order valence-electron chi connectivity index (χ1n) is 50.6. The second-order valence-electron chi connectivity index (χ2n) is 38.3. The Labute approximate surface area is 852 Å². The fraction of sp³-hybridized carbons (Fsp3) is 0.0137. The van der Waals surface area contributed by atoms with Gasteiger partial charge in [-0.15, -0.1) is 0 Å². The van der Waals surface area contributed by atoms with Crippen LogP contribution in [0.1, 0.15) is 11.1 Å². The third-order valence-corrected chi connectivity index (χ3v) is 29.5. The maximum atomic E-state index is 2.43. The average molecular weight is 1850 g/mol. The predicted molar refractivity (Wildman–Crippen MR) is 628 cm³/mol. The number of fused-ring (bicyclic) bond motifs is 9. The van der Waals surface area contributed by atoms with Crippen LogP contribution in [0.25, 0.3) is 264 Å². The quantitative estimate of drug-likeness (QED) is 0.0898. The highest BCUT2D eigenvalue weighted by atomic mass is 14.3. The molecule has 0 bridgehead atoms. The zero-order chi connectivity index (χ0) is 97.3. The first kappa shape index (κ1) is 88.7. The van der Waals surface area contributed by atoms with E-state index < -0.39 is 0 Å². The van der Waals surface area contributed by atoms with Crippen molar-refractivity contribution in [3.63, 3.8) is 0 Å². The number of hydrogen-bond acceptors (Lipinski definition) is 0. The van der Waals surface area contributed by atoms with Gasteiger partial charge in [-0.25, -0.2) is 0 Å². The molecule has 684 valence electrons. The van der Waals surface area contributed by atoms with Crippen molar-refractivity contribution in [3.8, 4) is 167 Å². The van der Waals surface area contributed by atoms with E-state index in [0.717, 1.165) is 0 Å². The van der Waals surface area contributed by atoms with Crippen LogP contribution in [0, 0.1) is 13.8 Å². The highest BCUT2D eigenvalue weighted by Gasteiger charge is 2.29. The van der Waals surface area contributed by atoms with Crippen LogP contribution >= 0.6 is 0 Å². The van der Waals surface area contributed by atoms with E-state index >= 15 is 0 Å². The minimum absolute atomic E-state index is 1.20. The fourth-order valence-electron chi connectivity index (χ4n) is 22.8. The van der Waals surface area contributed by atoms with Gasteiger partial charge in [0.15, 0.2) is 0 Å². The topological polar surface area (TPSA) is 0 Å².